The third-order valence-electron chi connectivity index (χ3n) is 5.24. The number of hydrogen-bond donors (Lipinski definition) is 2. The minimum absolute atomic E-state index is 0.0760. The summed E-state index contributed by atoms with van der Waals surface area (Å²) in [5.41, 5.74) is -0.230. The summed E-state index contributed by atoms with van der Waals surface area (Å²) in [6.07, 6.45) is -4.56. The Morgan fingerprint density at radius 3 is 2.42 bits per heavy atom. The lowest BCUT2D eigenvalue weighted by molar-refractivity contribution is -0.137. The quantitative estimate of drug-likeness (QED) is 0.455. The van der Waals surface area contributed by atoms with E-state index in [1.54, 1.807) is 37.3 Å². The second-order valence-electron chi connectivity index (χ2n) is 7.51. The lowest BCUT2D eigenvalue weighted by Crippen LogP contribution is -2.22. The van der Waals surface area contributed by atoms with E-state index in [-0.39, 0.29) is 30.5 Å². The van der Waals surface area contributed by atoms with Crippen LogP contribution >= 0.6 is 0 Å². The number of aliphatic hydroxyl groups is 2. The van der Waals surface area contributed by atoms with Crippen molar-refractivity contribution in [2.24, 2.45) is 5.92 Å². The monoisotopic (exact) mass is 432 g/mol. The van der Waals surface area contributed by atoms with Gasteiger partial charge >= 0.3 is 6.18 Å². The number of hydrogen-bond acceptors (Lipinski definition) is 4. The van der Waals surface area contributed by atoms with Crippen LogP contribution in [0.15, 0.2) is 60.7 Å². The second-order valence-corrected chi connectivity index (χ2v) is 7.51. The van der Waals surface area contributed by atoms with Crippen LogP contribution in [0.1, 0.15) is 35.7 Å². The number of ether oxygens (including phenoxy) is 1. The average Bonchev–Trinajstić information content (AvgIpc) is 2.76. The molecule has 164 valence electrons. The van der Waals surface area contributed by atoms with Crippen LogP contribution in [0.4, 0.5) is 13.2 Å². The molecule has 3 rings (SSSR count). The van der Waals surface area contributed by atoms with E-state index in [4.69, 9.17) is 9.84 Å². The molecule has 2 atom stereocenters. The Balaban J connectivity index is 1.76. The van der Waals surface area contributed by atoms with Gasteiger partial charge in [-0.2, -0.15) is 13.2 Å². The minimum atomic E-state index is -4.41. The van der Waals surface area contributed by atoms with Gasteiger partial charge in [-0.15, -0.1) is 0 Å². The van der Waals surface area contributed by atoms with Crippen LogP contribution < -0.4 is 4.74 Å². The van der Waals surface area contributed by atoms with Crippen molar-refractivity contribution in [2.45, 2.75) is 32.0 Å². The van der Waals surface area contributed by atoms with Crippen LogP contribution in [0, 0.1) is 5.92 Å². The third kappa shape index (κ3) is 5.62. The van der Waals surface area contributed by atoms with Gasteiger partial charge in [-0.1, -0.05) is 25.1 Å². The van der Waals surface area contributed by atoms with Crippen molar-refractivity contribution < 1.29 is 32.9 Å². The van der Waals surface area contributed by atoms with Crippen molar-refractivity contribution in [3.05, 3.63) is 71.8 Å². The number of alkyl halides is 3. The Hall–Kier alpha value is -2.90. The molecule has 0 unspecified atom stereocenters. The molecule has 0 saturated heterocycles. The molecule has 0 aliphatic heterocycles. The van der Waals surface area contributed by atoms with Crippen molar-refractivity contribution in [3.8, 4) is 11.5 Å². The van der Waals surface area contributed by atoms with Gasteiger partial charge in [-0.3, -0.25) is 4.79 Å². The van der Waals surface area contributed by atoms with Crippen molar-refractivity contribution in [3.63, 3.8) is 0 Å². The zero-order valence-electron chi connectivity index (χ0n) is 16.9. The third-order valence-corrected chi connectivity index (χ3v) is 5.24. The van der Waals surface area contributed by atoms with Gasteiger partial charge in [-0.05, 0) is 60.2 Å². The molecule has 3 aromatic rings. The normalized spacial score (nSPS) is 13.7. The summed E-state index contributed by atoms with van der Waals surface area (Å²) in [5.74, 6) is 0.471. The number of aliphatic hydroxyl groups excluding tert-OH is 2. The summed E-state index contributed by atoms with van der Waals surface area (Å²) < 4.78 is 43.9. The largest absolute Gasteiger partial charge is 0.457 e. The Kier molecular flexibility index (Phi) is 6.97. The molecule has 0 heterocycles. The van der Waals surface area contributed by atoms with Crippen LogP contribution in [0.2, 0.25) is 0 Å². The van der Waals surface area contributed by atoms with Crippen LogP contribution in [0.5, 0.6) is 11.5 Å². The highest BCUT2D eigenvalue weighted by molar-refractivity contribution is 6.01. The second kappa shape index (κ2) is 9.49. The number of halogens is 3. The van der Waals surface area contributed by atoms with Crippen LogP contribution in [0.25, 0.3) is 10.8 Å². The fourth-order valence-corrected chi connectivity index (χ4v) is 3.23. The molecule has 4 nitrogen and oxygen atoms in total. The van der Waals surface area contributed by atoms with E-state index < -0.39 is 17.8 Å². The predicted octanol–water partition coefficient (Wildman–Crippen LogP) is 5.60. The lowest BCUT2D eigenvalue weighted by Gasteiger charge is -2.16. The first-order valence-electron chi connectivity index (χ1n) is 9.89. The summed E-state index contributed by atoms with van der Waals surface area (Å²) in [7, 11) is 0. The van der Waals surface area contributed by atoms with Crippen molar-refractivity contribution in [1.82, 2.24) is 0 Å². The molecule has 0 amide bonds. The first kappa shape index (κ1) is 22.8. The van der Waals surface area contributed by atoms with Gasteiger partial charge in [0.25, 0.3) is 0 Å². The highest BCUT2D eigenvalue weighted by atomic mass is 19.4. The summed E-state index contributed by atoms with van der Waals surface area (Å²) >= 11 is 0. The standard InChI is InChI=1S/C24H23F3O4/c1-15(22(30)14-28)5-12-21(29)17-6-11-20-16(13-17)3-2-4-23(20)31-19-9-7-18(8-10-19)24(25,26)27/h2-4,6-11,13,15,22,28,30H,5,12,14H2,1H3/t15-,22+/m0/s1. The van der Waals surface area contributed by atoms with E-state index in [1.165, 1.54) is 12.1 Å². The van der Waals surface area contributed by atoms with Crippen molar-refractivity contribution in [2.75, 3.05) is 6.61 Å². The van der Waals surface area contributed by atoms with Gasteiger partial charge in [-0.25, -0.2) is 0 Å². The Morgan fingerprint density at radius 2 is 1.77 bits per heavy atom. The van der Waals surface area contributed by atoms with Crippen molar-refractivity contribution >= 4 is 16.6 Å². The molecule has 2 N–H and O–H groups in total. The molecular formula is C24H23F3O4. The lowest BCUT2D eigenvalue weighted by atomic mass is 9.95. The molecule has 0 aromatic heterocycles. The molecule has 0 spiro atoms. The Labute approximate surface area is 177 Å². The molecule has 0 radical (unpaired) electrons. The predicted molar refractivity (Wildman–Crippen MR) is 111 cm³/mol. The SMILES string of the molecule is C[C@@H](CCC(=O)c1ccc2c(Oc3ccc(C(F)(F)F)cc3)cccc2c1)[C@H](O)CO. The molecule has 0 saturated carbocycles. The van der Waals surface area contributed by atoms with Crippen molar-refractivity contribution in [1.29, 1.82) is 0 Å². The number of Topliss-reactive ketones (excluding diaryl/α,β-unsaturated/α-hetero) is 1. The highest BCUT2D eigenvalue weighted by Crippen LogP contribution is 2.34. The maximum Gasteiger partial charge on any atom is 0.416 e. The summed E-state index contributed by atoms with van der Waals surface area (Å²) in [6.45, 7) is 1.44. The topological polar surface area (TPSA) is 66.8 Å². The minimum Gasteiger partial charge on any atom is -0.457 e. The van der Waals surface area contributed by atoms with E-state index in [0.717, 1.165) is 22.9 Å². The zero-order chi connectivity index (χ0) is 22.6. The molecule has 0 aliphatic carbocycles. The number of ketones is 1. The van der Waals surface area contributed by atoms with E-state index in [0.29, 0.717) is 17.7 Å². The number of fused-ring (bicyclic) bond motifs is 1. The number of carbonyl (C=O) groups excluding carboxylic acids is 1. The Bertz CT molecular complexity index is 1040. The van der Waals surface area contributed by atoms with Gasteiger partial charge in [0.1, 0.15) is 11.5 Å². The molecule has 3 aromatic carbocycles. The first-order valence-corrected chi connectivity index (χ1v) is 9.89. The van der Waals surface area contributed by atoms with Gasteiger partial charge in [0.2, 0.25) is 0 Å². The molecule has 0 bridgehead atoms. The number of benzene rings is 3. The van der Waals surface area contributed by atoms with E-state index in [9.17, 15) is 23.1 Å². The summed E-state index contributed by atoms with van der Waals surface area (Å²) in [6, 6.07) is 14.9. The van der Waals surface area contributed by atoms with E-state index in [2.05, 4.69) is 0 Å². The molecule has 7 heteroatoms. The van der Waals surface area contributed by atoms with Gasteiger partial charge in [0.05, 0.1) is 18.3 Å². The average molecular weight is 432 g/mol. The fourth-order valence-electron chi connectivity index (χ4n) is 3.23. The fraction of sp³-hybridized carbons (Fsp3) is 0.292. The maximum absolute atomic E-state index is 12.7. The molecule has 0 fully saturated rings. The van der Waals surface area contributed by atoms with Crippen LogP contribution in [-0.4, -0.2) is 28.7 Å². The smallest absolute Gasteiger partial charge is 0.416 e. The van der Waals surface area contributed by atoms with Crippen LogP contribution in [0.3, 0.4) is 0 Å². The van der Waals surface area contributed by atoms with Gasteiger partial charge < -0.3 is 14.9 Å². The van der Waals surface area contributed by atoms with Gasteiger partial charge in [0.15, 0.2) is 5.78 Å². The zero-order valence-corrected chi connectivity index (χ0v) is 16.9. The number of rotatable bonds is 8. The molecule has 0 aliphatic rings. The summed E-state index contributed by atoms with van der Waals surface area (Å²) in [5, 5.41) is 20.1. The highest BCUT2D eigenvalue weighted by Gasteiger charge is 2.30. The summed E-state index contributed by atoms with van der Waals surface area (Å²) in [4.78, 5) is 12.5. The first-order chi connectivity index (χ1) is 14.7. The van der Waals surface area contributed by atoms with Gasteiger partial charge in [0, 0.05) is 17.4 Å². The Morgan fingerprint density at radius 1 is 1.06 bits per heavy atom. The maximum atomic E-state index is 12.7. The number of carbonyl (C=O) groups is 1. The molecule has 31 heavy (non-hydrogen) atoms. The molecular weight excluding hydrogens is 409 g/mol. The van der Waals surface area contributed by atoms with E-state index in [1.807, 2.05) is 6.07 Å². The van der Waals surface area contributed by atoms with Crippen LogP contribution in [-0.2, 0) is 6.18 Å². The van der Waals surface area contributed by atoms with E-state index >= 15 is 0 Å².